The number of benzene rings is 3. The number of phenols is 1. The minimum Gasteiger partial charge on any atom is -0.508 e. The molecule has 5 aromatic rings. The molecule has 3 aromatic carbocycles. The van der Waals surface area contributed by atoms with Crippen molar-refractivity contribution < 1.29 is 107 Å². The van der Waals surface area contributed by atoms with E-state index in [9.17, 15) is 63.3 Å². The number of para-hydroxylation sites is 2. The number of aromatic nitrogens is 2. The molecule has 8 rings (SSSR count). The fourth-order valence-electron chi connectivity index (χ4n) is 19.0. The lowest BCUT2D eigenvalue weighted by Gasteiger charge is -2.36. The van der Waals surface area contributed by atoms with Crippen molar-refractivity contribution in [3.05, 3.63) is 102 Å². The number of thioether (sulfide) groups is 1. The average Bonchev–Trinajstić information content (AvgIpc) is 1.65. The van der Waals surface area contributed by atoms with Crippen LogP contribution in [0.2, 0.25) is 0 Å². The Morgan fingerprint density at radius 2 is 1.03 bits per heavy atom. The van der Waals surface area contributed by atoms with Gasteiger partial charge in [0.1, 0.15) is 96.9 Å². The van der Waals surface area contributed by atoms with Gasteiger partial charge in [-0.2, -0.15) is 0 Å². The molecule has 0 spiro atoms. The number of hydrogen-bond acceptors (Lipinski definition) is 23. The number of aliphatic hydroxyl groups is 1. The van der Waals surface area contributed by atoms with Crippen LogP contribution in [0.15, 0.2) is 85.2 Å². The van der Waals surface area contributed by atoms with Gasteiger partial charge in [0.2, 0.25) is 94.5 Å². The number of H-pyrrole nitrogens is 1. The van der Waals surface area contributed by atoms with Crippen molar-refractivity contribution in [2.24, 2.45) is 29.0 Å². The van der Waals surface area contributed by atoms with Crippen LogP contribution < -0.4 is 70.4 Å². The Bertz CT molecular complexity index is 5310. The molecule has 3 aliphatic heterocycles. The van der Waals surface area contributed by atoms with Gasteiger partial charge in [-0.05, 0) is 124 Å². The predicted octanol–water partition coefficient (Wildman–Crippen LogP) is 3.43. The number of nitrogens with zero attached hydrogens (tertiary/aromatic N) is 6. The molecule has 147 heavy (non-hydrogen) atoms. The summed E-state index contributed by atoms with van der Waals surface area (Å²) < 4.78 is 1.46. The van der Waals surface area contributed by atoms with Gasteiger partial charge in [-0.3, -0.25) is 86.3 Å². The maximum atomic E-state index is 16.1. The van der Waals surface area contributed by atoms with Gasteiger partial charge in [0.15, 0.2) is 0 Å². The normalized spacial score (nSPS) is 23.8. The van der Waals surface area contributed by atoms with Crippen LogP contribution in [0.5, 0.6) is 5.75 Å². The lowest BCUT2D eigenvalue weighted by molar-refractivity contribution is -0.149. The van der Waals surface area contributed by atoms with Gasteiger partial charge in [-0.1, -0.05) is 180 Å². The summed E-state index contributed by atoms with van der Waals surface area (Å²) in [4.78, 5) is 272. The minimum atomic E-state index is -1.76. The van der Waals surface area contributed by atoms with Gasteiger partial charge >= 0.3 is 11.9 Å². The zero-order valence-corrected chi connectivity index (χ0v) is 87.3. The van der Waals surface area contributed by atoms with Gasteiger partial charge in [0.25, 0.3) is 0 Å². The van der Waals surface area contributed by atoms with E-state index in [4.69, 9.17) is 22.3 Å². The number of carbonyl (C=O) groups is 18. The van der Waals surface area contributed by atoms with Crippen LogP contribution >= 0.6 is 11.8 Å². The van der Waals surface area contributed by atoms with E-state index in [0.29, 0.717) is 77.0 Å². The quantitative estimate of drug-likeness (QED) is 0.0251. The molecular formula is C104H156N20O22S. The topological polar surface area (TPSA) is 623 Å². The molecular weight excluding hydrogens is 1910 g/mol. The van der Waals surface area contributed by atoms with Crippen LogP contribution in [-0.4, -0.2) is 317 Å². The van der Waals surface area contributed by atoms with Gasteiger partial charge in [0.05, 0.1) is 18.3 Å². The van der Waals surface area contributed by atoms with Gasteiger partial charge in [-0.25, -0.2) is 0 Å². The summed E-state index contributed by atoms with van der Waals surface area (Å²) in [7, 11) is 4.02. The Balaban J connectivity index is 1.18. The number of unbranched alkanes of at least 4 members (excludes halogenated alkanes) is 13. The molecule has 15 atom stereocenters. The summed E-state index contributed by atoms with van der Waals surface area (Å²) in [6, 6.07) is -1.49. The molecule has 0 saturated carbocycles. The smallest absolute Gasteiger partial charge is 0.323 e. The van der Waals surface area contributed by atoms with Crippen molar-refractivity contribution >= 4 is 140 Å². The molecule has 16 amide bonds. The number of aromatic hydroxyl groups is 1. The van der Waals surface area contributed by atoms with E-state index in [1.807, 2.05) is 27.7 Å². The first-order chi connectivity index (χ1) is 70.1. The summed E-state index contributed by atoms with van der Waals surface area (Å²) in [5, 5.41) is 69.8. The number of carbonyl (C=O) groups excluding carboxylic acids is 16. The number of carboxylic acids is 2. The van der Waals surface area contributed by atoms with Crippen LogP contribution in [0.25, 0.3) is 21.8 Å². The molecule has 0 bridgehead atoms. The Kier molecular flexibility index (Phi) is 48.7. The third kappa shape index (κ3) is 36.4. The van der Waals surface area contributed by atoms with E-state index in [0.717, 1.165) is 90.7 Å². The van der Waals surface area contributed by atoms with E-state index in [1.165, 1.54) is 72.9 Å². The summed E-state index contributed by atoms with van der Waals surface area (Å²) in [5.74, 6) is -17.6. The third-order valence-corrected chi connectivity index (χ3v) is 28.3. The highest BCUT2D eigenvalue weighted by Gasteiger charge is 2.47. The highest BCUT2D eigenvalue weighted by atomic mass is 32.2. The summed E-state index contributed by atoms with van der Waals surface area (Å²) >= 11 is 0.910. The number of primary amides is 1. The Morgan fingerprint density at radius 3 is 1.65 bits per heavy atom. The molecule has 0 unspecified atom stereocenters. The van der Waals surface area contributed by atoms with Crippen LogP contribution in [0, 0.1) is 11.8 Å². The summed E-state index contributed by atoms with van der Waals surface area (Å²) in [6.45, 7) is 10.4. The fraction of sp³-hybridized carbons (Fsp3) is 0.615. The van der Waals surface area contributed by atoms with Crippen molar-refractivity contribution in [2.75, 3.05) is 65.4 Å². The van der Waals surface area contributed by atoms with E-state index >= 15 is 38.4 Å². The molecule has 3 saturated heterocycles. The van der Waals surface area contributed by atoms with Crippen molar-refractivity contribution in [1.29, 1.82) is 0 Å². The summed E-state index contributed by atoms with van der Waals surface area (Å²) in [5.41, 5.74) is 20.7. The Hall–Kier alpha value is -12.8. The van der Waals surface area contributed by atoms with Crippen molar-refractivity contribution in [1.82, 2.24) is 87.2 Å². The number of aromatic amines is 1. The minimum absolute atomic E-state index is 0.000140. The predicted molar refractivity (Wildman–Crippen MR) is 553 cm³/mol. The number of hydrogen-bond donors (Lipinski definition) is 18. The Labute approximate surface area is 863 Å². The molecule has 2 aromatic heterocycles. The number of likely N-dealkylation sites (N-methyl/N-ethyl adjacent to an activating group) is 3. The molecule has 810 valence electrons. The van der Waals surface area contributed by atoms with Crippen molar-refractivity contribution in [3.63, 3.8) is 0 Å². The first kappa shape index (κ1) is 119. The molecule has 21 N–H and O–H groups in total. The average molecular weight is 2070 g/mol. The number of amides is 16. The standard InChI is InChI=1S/C104H156N20O22S/c1-11-13-35-83-97(139)112-74(48-62(3)4)94(136)118-81(92(134)108-46-30-24-22-20-18-16-15-17-19-21-23-25-39-89(129)130)60-147-61-88(128)110-77(50-65-40-42-68(125)43-41-65)100(142)119(8)64(7)91(133)114-79(54-87(107)127)102(144)123-47-31-38-84(123)98(140)117-80(55-106)96(138)115-76(49-63(5)6)103(145)124-58-69(126)53-86(124)99(141)113-75(51-66-56-109-72-34-28-26-32-70(66)72)95(137)111-73(44-45-105)93(135)116-78(101(143)121(10)85(36-14-12-2)104(146)120(83)9)52-67-57-122(59-90(131)132)82-37-29-27-33-71(67)82/h26-29,32-34,37,40-43,56-57,62-64,69,73-81,83-86,109,125-126H,11-25,30-31,35-36,38-39,44-55,58-61,105-106H2,1-10H3,(H2,107,127)(H,108,134)(H,110,128)(H,111,137)(H,112,139)(H,113,141)(H,114,133)(H,115,138)(H,116,135)(H,117,140)(H,118,136)(H,129,130)(H,131,132)/t64-,69+,73-,74-,75-,76-,77-,78-,79-,80-,81-,83-,84-,85-,86-/m0/s1. The fourth-order valence-corrected chi connectivity index (χ4v) is 19.9. The Morgan fingerprint density at radius 1 is 0.503 bits per heavy atom. The first-order valence-electron chi connectivity index (χ1n) is 51.8. The molecule has 3 fully saturated rings. The summed E-state index contributed by atoms with van der Waals surface area (Å²) in [6.07, 6.45) is 12.3. The SMILES string of the molecule is CCCC[C@H]1C(=O)N(C)[C@@H](CCCC)C(=O)N[C@@H](CC(C)C)C(=O)N[C@H](C(=O)NCCCCCCCCCCCCCCC(=O)O)CSCC(=O)N[C@@H](Cc2ccc(O)cc2)C(=O)N(C)[C@@H](C)C(=O)N[C@@H](CC(N)=O)C(=O)N2CCC[C@H]2C(=O)N[C@@H](CN)C(=O)N[C@@H](CC(C)C)C(=O)N2C[C@H](O)C[C@H]2C(=O)N[C@@H](Cc2c[nH]c3ccccc23)C(=O)N[C@@H](CCN)C(=O)N[C@@H](Cc2cn(CC(=O)O)c3ccccc23)C(=O)N1C. The molecule has 43 heteroatoms. The molecule has 5 heterocycles. The number of nitrogens with two attached hydrogens (primary N) is 3. The second kappa shape index (κ2) is 59.9. The number of aliphatic hydroxyl groups excluding tert-OH is 1. The monoisotopic (exact) mass is 2070 g/mol. The number of aliphatic carboxylic acids is 2. The number of nitrogens with one attached hydrogen (secondary N) is 11. The zero-order chi connectivity index (χ0) is 108. The molecule has 3 aliphatic rings. The number of rotatable bonds is 39. The zero-order valence-electron chi connectivity index (χ0n) is 86.5. The van der Waals surface area contributed by atoms with E-state index in [-0.39, 0.29) is 120 Å². The van der Waals surface area contributed by atoms with Crippen molar-refractivity contribution in [3.8, 4) is 5.75 Å². The van der Waals surface area contributed by atoms with E-state index in [2.05, 4.69) is 58.2 Å². The van der Waals surface area contributed by atoms with Crippen molar-refractivity contribution in [2.45, 2.75) is 332 Å². The highest BCUT2D eigenvalue weighted by Crippen LogP contribution is 2.30. The van der Waals surface area contributed by atoms with Crippen LogP contribution in [-0.2, 0) is 112 Å². The van der Waals surface area contributed by atoms with Crippen LogP contribution in [0.4, 0.5) is 0 Å². The van der Waals surface area contributed by atoms with Gasteiger partial charge in [0, 0.05) is 119 Å². The maximum absolute atomic E-state index is 16.1. The molecule has 0 radical (unpaired) electrons. The molecule has 42 nitrogen and oxygen atoms in total. The van der Waals surface area contributed by atoms with Gasteiger partial charge < -0.3 is 125 Å². The maximum Gasteiger partial charge on any atom is 0.323 e. The molecule has 0 aliphatic carbocycles. The second-order valence-electron chi connectivity index (χ2n) is 39.8. The number of fused-ring (bicyclic) bond motifs is 4. The van der Waals surface area contributed by atoms with E-state index < -0.39 is 229 Å². The highest BCUT2D eigenvalue weighted by molar-refractivity contribution is 8.00. The van der Waals surface area contributed by atoms with Gasteiger partial charge in [-0.15, -0.1) is 11.8 Å². The number of carboxylic acid groups (broad SMARTS) is 2. The largest absolute Gasteiger partial charge is 0.508 e. The third-order valence-electron chi connectivity index (χ3n) is 27.3. The lowest BCUT2D eigenvalue weighted by atomic mass is 9.99. The lowest BCUT2D eigenvalue weighted by Crippen LogP contribution is -2.62. The van der Waals surface area contributed by atoms with E-state index in [1.54, 1.807) is 68.6 Å². The first-order valence-corrected chi connectivity index (χ1v) is 52.9. The number of phenolic OH excluding ortho intramolecular Hbond substituents is 1. The second-order valence-corrected chi connectivity index (χ2v) is 40.8. The van der Waals surface area contributed by atoms with Crippen LogP contribution in [0.1, 0.15) is 232 Å². The van der Waals surface area contributed by atoms with Crippen LogP contribution in [0.3, 0.4) is 0 Å².